The van der Waals surface area contributed by atoms with Crippen LogP contribution in [0.1, 0.15) is 36.2 Å². The second-order valence-electron chi connectivity index (χ2n) is 6.47. The van der Waals surface area contributed by atoms with E-state index in [1.807, 2.05) is 0 Å². The summed E-state index contributed by atoms with van der Waals surface area (Å²) in [5.74, 6) is -0.730. The van der Waals surface area contributed by atoms with Crippen LogP contribution in [-0.4, -0.2) is 44.2 Å². The molecule has 0 bridgehead atoms. The highest BCUT2D eigenvalue weighted by atomic mass is 19.1. The third-order valence-electron chi connectivity index (χ3n) is 4.64. The maximum absolute atomic E-state index is 13.1. The number of hydrogen-bond acceptors (Lipinski definition) is 4. The maximum Gasteiger partial charge on any atom is 0.272 e. The van der Waals surface area contributed by atoms with E-state index in [1.54, 1.807) is 29.9 Å². The molecule has 3 N–H and O–H groups in total. The number of hydrogen-bond donors (Lipinski definition) is 3. The molecule has 0 spiro atoms. The number of nitrogens with zero attached hydrogens (tertiary/aromatic N) is 2. The van der Waals surface area contributed by atoms with Gasteiger partial charge in [0, 0.05) is 7.05 Å². The van der Waals surface area contributed by atoms with E-state index >= 15 is 0 Å². The average molecular weight is 347 g/mol. The topological polar surface area (TPSA) is 87.4 Å². The molecule has 7 heteroatoms. The van der Waals surface area contributed by atoms with Gasteiger partial charge < -0.3 is 15.5 Å². The van der Waals surface area contributed by atoms with E-state index in [2.05, 4.69) is 10.4 Å². The van der Waals surface area contributed by atoms with Gasteiger partial charge in [0.2, 0.25) is 0 Å². The van der Waals surface area contributed by atoms with Crippen molar-refractivity contribution in [3.05, 3.63) is 41.8 Å². The molecule has 1 aromatic carbocycles. The smallest absolute Gasteiger partial charge is 0.272 e. The number of aromatic nitrogens is 2. The average Bonchev–Trinajstić information content (AvgIpc) is 2.91. The van der Waals surface area contributed by atoms with Gasteiger partial charge in [0.1, 0.15) is 5.82 Å². The Morgan fingerprint density at radius 2 is 1.92 bits per heavy atom. The van der Waals surface area contributed by atoms with Gasteiger partial charge in [-0.1, -0.05) is 12.8 Å². The zero-order chi connectivity index (χ0) is 18.0. The third kappa shape index (κ3) is 3.88. The molecule has 0 radical (unpaired) electrons. The molecule has 6 nitrogen and oxygen atoms in total. The van der Waals surface area contributed by atoms with Crippen molar-refractivity contribution < 1.29 is 19.4 Å². The number of aliphatic hydroxyl groups excluding tert-OH is 2. The lowest BCUT2D eigenvalue weighted by atomic mass is 10.0. The highest BCUT2D eigenvalue weighted by molar-refractivity contribution is 5.93. The largest absolute Gasteiger partial charge is 0.390 e. The Bertz CT molecular complexity index is 745. The molecule has 2 aromatic rings. The predicted octanol–water partition coefficient (Wildman–Crippen LogP) is 1.62. The number of rotatable bonds is 3. The number of carbonyl (C=O) groups is 1. The first-order valence-electron chi connectivity index (χ1n) is 8.42. The molecule has 1 aliphatic rings. The Morgan fingerprint density at radius 3 is 2.64 bits per heavy atom. The lowest BCUT2D eigenvalue weighted by molar-refractivity contribution is -0.00129. The number of aryl methyl sites for hydroxylation is 1. The molecular weight excluding hydrogens is 325 g/mol. The highest BCUT2D eigenvalue weighted by Crippen LogP contribution is 2.22. The number of carbonyl (C=O) groups excluding carboxylic acids is 1. The Morgan fingerprint density at radius 1 is 1.24 bits per heavy atom. The fraction of sp³-hybridized carbons (Fsp3) is 0.444. The minimum Gasteiger partial charge on any atom is -0.390 e. The van der Waals surface area contributed by atoms with Crippen LogP contribution in [0.3, 0.4) is 0 Å². The Hall–Kier alpha value is -2.25. The molecule has 3 atom stereocenters. The van der Waals surface area contributed by atoms with E-state index < -0.39 is 24.2 Å². The van der Waals surface area contributed by atoms with Gasteiger partial charge in [-0.2, -0.15) is 5.10 Å². The van der Waals surface area contributed by atoms with Crippen LogP contribution in [0.15, 0.2) is 30.3 Å². The zero-order valence-electron chi connectivity index (χ0n) is 14.0. The van der Waals surface area contributed by atoms with Crippen molar-refractivity contribution in [2.24, 2.45) is 7.05 Å². The van der Waals surface area contributed by atoms with E-state index in [9.17, 15) is 19.4 Å². The molecular formula is C18H22FN3O3. The lowest BCUT2D eigenvalue weighted by Gasteiger charge is -2.24. The van der Waals surface area contributed by atoms with Crippen molar-refractivity contribution in [3.8, 4) is 11.3 Å². The summed E-state index contributed by atoms with van der Waals surface area (Å²) >= 11 is 0. The number of amides is 1. The van der Waals surface area contributed by atoms with E-state index in [1.165, 1.54) is 12.1 Å². The van der Waals surface area contributed by atoms with Gasteiger partial charge in [0.05, 0.1) is 23.9 Å². The summed E-state index contributed by atoms with van der Waals surface area (Å²) in [5.41, 5.74) is 1.65. The molecule has 25 heavy (non-hydrogen) atoms. The van der Waals surface area contributed by atoms with Gasteiger partial charge in [-0.05, 0) is 48.7 Å². The summed E-state index contributed by atoms with van der Waals surface area (Å²) in [6.07, 6.45) is 0.997. The Kier molecular flexibility index (Phi) is 5.15. The second kappa shape index (κ2) is 7.33. The van der Waals surface area contributed by atoms with Crippen LogP contribution in [0, 0.1) is 5.82 Å². The molecule has 1 aromatic heterocycles. The molecule has 0 unspecified atom stereocenters. The van der Waals surface area contributed by atoms with Gasteiger partial charge in [0.15, 0.2) is 5.69 Å². The minimum absolute atomic E-state index is 0.216. The highest BCUT2D eigenvalue weighted by Gasteiger charge is 2.30. The summed E-state index contributed by atoms with van der Waals surface area (Å²) in [7, 11) is 1.71. The van der Waals surface area contributed by atoms with Crippen LogP contribution in [0.5, 0.6) is 0 Å². The molecule has 0 aliphatic heterocycles. The molecule has 1 fully saturated rings. The third-order valence-corrected chi connectivity index (χ3v) is 4.64. The quantitative estimate of drug-likeness (QED) is 0.737. The maximum atomic E-state index is 13.1. The summed E-state index contributed by atoms with van der Waals surface area (Å²) in [6.45, 7) is 0. The van der Waals surface area contributed by atoms with Crippen molar-refractivity contribution in [1.82, 2.24) is 15.1 Å². The van der Waals surface area contributed by atoms with Gasteiger partial charge in [0.25, 0.3) is 5.91 Å². The first kappa shape index (κ1) is 17.6. The Balaban J connectivity index is 1.76. The molecule has 1 amide bonds. The van der Waals surface area contributed by atoms with E-state index in [0.29, 0.717) is 18.5 Å². The zero-order valence-corrected chi connectivity index (χ0v) is 14.0. The van der Waals surface area contributed by atoms with E-state index in [0.717, 1.165) is 18.4 Å². The van der Waals surface area contributed by atoms with Crippen LogP contribution in [0.25, 0.3) is 11.3 Å². The SMILES string of the molecule is Cn1nc(C(=O)N[C@@H]2CCCC[C@@H](O)[C@@H]2O)cc1-c1ccc(F)cc1. The standard InChI is InChI=1S/C18H22FN3O3/c1-22-15(11-6-8-12(19)9-7-11)10-14(21-22)18(25)20-13-4-2-3-5-16(23)17(13)24/h6-10,13,16-17,23-24H,2-5H2,1H3,(H,20,25)/t13-,16-,17-/m1/s1. The first-order valence-corrected chi connectivity index (χ1v) is 8.42. The summed E-state index contributed by atoms with van der Waals surface area (Å²) in [5, 5.41) is 27.0. The first-order chi connectivity index (χ1) is 12.0. The number of aliphatic hydroxyl groups is 2. The lowest BCUT2D eigenvalue weighted by Crippen LogP contribution is -2.47. The van der Waals surface area contributed by atoms with E-state index in [-0.39, 0.29) is 11.5 Å². The summed E-state index contributed by atoms with van der Waals surface area (Å²) in [4.78, 5) is 12.5. The van der Waals surface area contributed by atoms with Gasteiger partial charge in [-0.25, -0.2) is 4.39 Å². The normalized spacial score (nSPS) is 23.9. The Labute approximate surface area is 145 Å². The second-order valence-corrected chi connectivity index (χ2v) is 6.47. The number of halogens is 1. The van der Waals surface area contributed by atoms with Crippen LogP contribution < -0.4 is 5.32 Å². The minimum atomic E-state index is -0.980. The number of nitrogens with one attached hydrogen (secondary N) is 1. The van der Waals surface area contributed by atoms with Gasteiger partial charge >= 0.3 is 0 Å². The fourth-order valence-electron chi connectivity index (χ4n) is 3.20. The van der Waals surface area contributed by atoms with Crippen LogP contribution in [-0.2, 0) is 7.05 Å². The van der Waals surface area contributed by atoms with Crippen LogP contribution in [0.2, 0.25) is 0 Å². The van der Waals surface area contributed by atoms with Crippen LogP contribution in [0.4, 0.5) is 4.39 Å². The molecule has 0 saturated heterocycles. The van der Waals surface area contributed by atoms with Crippen molar-refractivity contribution in [2.45, 2.75) is 43.9 Å². The molecule has 1 aliphatic carbocycles. The van der Waals surface area contributed by atoms with Crippen LogP contribution >= 0.6 is 0 Å². The number of benzene rings is 1. The van der Waals surface area contributed by atoms with E-state index in [4.69, 9.17) is 0 Å². The summed E-state index contributed by atoms with van der Waals surface area (Å²) < 4.78 is 14.6. The van der Waals surface area contributed by atoms with Crippen molar-refractivity contribution in [3.63, 3.8) is 0 Å². The predicted molar refractivity (Wildman–Crippen MR) is 90.3 cm³/mol. The fourth-order valence-corrected chi connectivity index (χ4v) is 3.20. The molecule has 1 heterocycles. The van der Waals surface area contributed by atoms with Gasteiger partial charge in [-0.3, -0.25) is 9.48 Å². The molecule has 3 rings (SSSR count). The van der Waals surface area contributed by atoms with Gasteiger partial charge in [-0.15, -0.1) is 0 Å². The monoisotopic (exact) mass is 347 g/mol. The van der Waals surface area contributed by atoms with Crippen molar-refractivity contribution >= 4 is 5.91 Å². The molecule has 1 saturated carbocycles. The molecule has 134 valence electrons. The van der Waals surface area contributed by atoms with Crippen molar-refractivity contribution in [2.75, 3.05) is 0 Å². The summed E-state index contributed by atoms with van der Waals surface area (Å²) in [6, 6.07) is 7.08. The van der Waals surface area contributed by atoms with Crippen molar-refractivity contribution in [1.29, 1.82) is 0 Å².